The Hall–Kier alpha value is -12.1. The van der Waals surface area contributed by atoms with E-state index >= 15 is 0 Å². The van der Waals surface area contributed by atoms with Crippen LogP contribution >= 0.6 is 34.0 Å². The molecule has 0 aliphatic carbocycles. The highest BCUT2D eigenvalue weighted by Crippen LogP contribution is 2.55. The third-order valence-corrected chi connectivity index (χ3v) is 24.6. The van der Waals surface area contributed by atoms with Gasteiger partial charge in [-0.1, -0.05) is 188 Å². The fourth-order valence-electron chi connectivity index (χ4n) is 17.2. The summed E-state index contributed by atoms with van der Waals surface area (Å²) in [6.45, 7) is -0.449. The molecule has 0 N–H and O–H groups in total. The lowest BCUT2D eigenvalue weighted by atomic mass is 9.30. The van der Waals surface area contributed by atoms with E-state index in [4.69, 9.17) is 4.74 Å². The molecule has 470 valence electrons. The van der Waals surface area contributed by atoms with Crippen molar-refractivity contribution in [2.24, 2.45) is 0 Å². The number of ether oxygens (including phenoxy) is 1. The Morgan fingerprint density at radius 1 is 0.248 bits per heavy atom. The molecule has 101 heavy (non-hydrogen) atoms. The number of nitrogens with zero attached hydrogens (tertiary/aromatic N) is 5. The molecule has 0 spiro atoms. The third-order valence-electron chi connectivity index (χ3n) is 21.2. The summed E-state index contributed by atoms with van der Waals surface area (Å²) in [4.78, 5) is 12.8. The van der Waals surface area contributed by atoms with Crippen molar-refractivity contribution >= 4 is 226 Å². The van der Waals surface area contributed by atoms with E-state index in [2.05, 4.69) is 358 Å². The van der Waals surface area contributed by atoms with Gasteiger partial charge in [-0.2, -0.15) is 0 Å². The van der Waals surface area contributed by atoms with Crippen molar-refractivity contribution in [1.29, 1.82) is 0 Å². The number of fused-ring (bicyclic) bond motifs is 17. The van der Waals surface area contributed by atoms with E-state index in [-0.39, 0.29) is 13.4 Å². The van der Waals surface area contributed by atoms with Crippen LogP contribution in [-0.4, -0.2) is 13.4 Å². The quantitative estimate of drug-likeness (QED) is 0.134. The van der Waals surface area contributed by atoms with Crippen LogP contribution in [0.15, 0.2) is 334 Å². The van der Waals surface area contributed by atoms with Gasteiger partial charge in [0.25, 0.3) is 13.4 Å². The first-order chi connectivity index (χ1) is 50.1. The number of thiophene rings is 3. The molecule has 6 nitrogen and oxygen atoms in total. The summed E-state index contributed by atoms with van der Waals surface area (Å²) in [7, 11) is 0. The zero-order chi connectivity index (χ0) is 66.0. The second-order valence-corrected chi connectivity index (χ2v) is 29.8. The molecule has 15 aromatic carbocycles. The maximum Gasteiger partial charge on any atom is 0.256 e. The van der Waals surface area contributed by atoms with Crippen molar-refractivity contribution in [3.05, 3.63) is 334 Å². The first-order valence-corrected chi connectivity index (χ1v) is 36.9. The molecule has 4 aliphatic rings. The van der Waals surface area contributed by atoms with Gasteiger partial charge in [0.15, 0.2) is 0 Å². The van der Waals surface area contributed by atoms with Gasteiger partial charge in [-0.05, 0) is 172 Å². The van der Waals surface area contributed by atoms with Crippen molar-refractivity contribution in [3.8, 4) is 11.5 Å². The van der Waals surface area contributed by atoms with Crippen LogP contribution in [0.25, 0.3) is 60.5 Å². The number of para-hydroxylation sites is 6. The number of benzene rings is 15. The second kappa shape index (κ2) is 22.2. The van der Waals surface area contributed by atoms with Crippen molar-refractivity contribution in [2.45, 2.75) is 0 Å². The number of hydrogen-bond acceptors (Lipinski definition) is 9. The highest BCUT2D eigenvalue weighted by Gasteiger charge is 2.49. The third kappa shape index (κ3) is 8.46. The van der Waals surface area contributed by atoms with E-state index in [0.717, 1.165) is 108 Å². The Labute approximate surface area is 596 Å². The van der Waals surface area contributed by atoms with Crippen LogP contribution < -0.4 is 62.0 Å². The fraction of sp³-hybridized carbons (Fsp3) is 0. The van der Waals surface area contributed by atoms with Gasteiger partial charge in [0.05, 0.1) is 28.4 Å². The zero-order valence-corrected chi connectivity index (χ0v) is 56.7. The van der Waals surface area contributed by atoms with E-state index in [1.54, 1.807) is 0 Å². The van der Waals surface area contributed by atoms with Gasteiger partial charge in [-0.25, -0.2) is 0 Å². The average molecular weight is 1340 g/mol. The lowest BCUT2D eigenvalue weighted by Gasteiger charge is -2.47. The van der Waals surface area contributed by atoms with Gasteiger partial charge in [0, 0.05) is 123 Å². The van der Waals surface area contributed by atoms with E-state index in [1.807, 2.05) is 34.0 Å². The Morgan fingerprint density at radius 3 is 1.26 bits per heavy atom. The summed E-state index contributed by atoms with van der Waals surface area (Å²) in [5.74, 6) is 1.69. The van der Waals surface area contributed by atoms with Gasteiger partial charge < -0.3 is 29.2 Å². The molecule has 11 heteroatoms. The largest absolute Gasteiger partial charge is 0.458 e. The van der Waals surface area contributed by atoms with Crippen molar-refractivity contribution in [3.63, 3.8) is 0 Å². The zero-order valence-electron chi connectivity index (χ0n) is 54.3. The second-order valence-electron chi connectivity index (χ2n) is 26.6. The van der Waals surface area contributed by atoms with Gasteiger partial charge in [0.2, 0.25) is 0 Å². The van der Waals surface area contributed by atoms with Crippen molar-refractivity contribution in [1.82, 2.24) is 0 Å². The first-order valence-electron chi connectivity index (χ1n) is 34.4. The average Bonchev–Trinajstić information content (AvgIpc) is 1.03. The molecule has 0 amide bonds. The normalized spacial score (nSPS) is 13.1. The molecule has 0 bridgehead atoms. The van der Waals surface area contributed by atoms with Crippen LogP contribution in [0.4, 0.5) is 85.3 Å². The van der Waals surface area contributed by atoms with Gasteiger partial charge >= 0.3 is 0 Å². The molecule has 22 rings (SSSR count). The fourth-order valence-corrected chi connectivity index (χ4v) is 20.6. The SMILES string of the molecule is c1ccc(N(c2ccccc2)c2cc3c4c(c2)N(c2cccc5sc6ccccc6c25)c2cc5c(cc2B4c2ccccc2N3c2cccc3sc4ccccc4c23)B2c3ccccc3Oc3cc(N(c4ccccc4)c4cccc6sc7ccccc7c46)cc(c32)N5c2ccccc2)cc1. The topological polar surface area (TPSA) is 25.4 Å². The summed E-state index contributed by atoms with van der Waals surface area (Å²) >= 11 is 5.59. The molecule has 0 atom stereocenters. The Kier molecular flexibility index (Phi) is 12.5. The summed E-state index contributed by atoms with van der Waals surface area (Å²) in [5.41, 5.74) is 23.6. The molecule has 7 heterocycles. The number of hydrogen-bond donors (Lipinski definition) is 0. The molecule has 3 aromatic heterocycles. The van der Waals surface area contributed by atoms with Crippen LogP contribution in [0.5, 0.6) is 11.5 Å². The van der Waals surface area contributed by atoms with E-state index < -0.39 is 0 Å². The minimum atomic E-state index is -0.226. The molecule has 0 saturated carbocycles. The lowest BCUT2D eigenvalue weighted by molar-refractivity contribution is 0.487. The van der Waals surface area contributed by atoms with Crippen LogP contribution in [0.2, 0.25) is 0 Å². The molecular weight excluding hydrogens is 1280 g/mol. The molecule has 0 unspecified atom stereocenters. The summed E-state index contributed by atoms with van der Waals surface area (Å²) in [6, 6.07) is 124. The Bertz CT molecular complexity index is 6420. The minimum Gasteiger partial charge on any atom is -0.458 e. The molecule has 0 radical (unpaired) electrons. The highest BCUT2D eigenvalue weighted by atomic mass is 32.1. The molecule has 18 aromatic rings. The summed E-state index contributed by atoms with van der Waals surface area (Å²) in [5, 5.41) is 7.44. The van der Waals surface area contributed by atoms with Gasteiger partial charge in [0.1, 0.15) is 11.5 Å². The Morgan fingerprint density at radius 2 is 0.663 bits per heavy atom. The van der Waals surface area contributed by atoms with Crippen molar-refractivity contribution in [2.75, 3.05) is 24.5 Å². The van der Waals surface area contributed by atoms with Crippen LogP contribution in [0, 0.1) is 0 Å². The lowest BCUT2D eigenvalue weighted by Crippen LogP contribution is -2.64. The first kappa shape index (κ1) is 56.9. The smallest absolute Gasteiger partial charge is 0.256 e. The molecule has 0 fully saturated rings. The molecular formula is C90H55B2N5OS3. The van der Waals surface area contributed by atoms with E-state index in [9.17, 15) is 0 Å². The predicted molar refractivity (Wildman–Crippen MR) is 434 cm³/mol. The highest BCUT2D eigenvalue weighted by molar-refractivity contribution is 7.26. The van der Waals surface area contributed by atoms with Crippen LogP contribution in [0.3, 0.4) is 0 Å². The number of rotatable bonds is 9. The molecule has 4 aliphatic heterocycles. The standard InChI is InChI=1S/C90H55B2N5OS3/c1-5-26-56(27-6-1)93(57-28-7-2-8-29-57)60-50-75-89-76(51-60)97(72-42-25-49-85-88(72)64-36-15-22-46-82(64)101-85)74-55-73-67(54-68(74)91(89)65-37-16-18-39-69(65)96(75)71-41-24-48-84-87(71)63-35-14-21-45-81(63)100-84)92-66-38-17-19-43-78(66)98-79-53-61(52-77(90(79)92)95(73)59-32-11-4-12-33-59)94(58-30-9-3-10-31-58)70-40-23-47-83-86(70)62-34-13-20-44-80(62)99-83/h1-55H. The molecule has 0 saturated heterocycles. The van der Waals surface area contributed by atoms with E-state index in [0.29, 0.717) is 0 Å². The monoisotopic (exact) mass is 1340 g/mol. The van der Waals surface area contributed by atoms with Gasteiger partial charge in [-0.3, -0.25) is 0 Å². The van der Waals surface area contributed by atoms with Gasteiger partial charge in [-0.15, -0.1) is 34.0 Å². The summed E-state index contributed by atoms with van der Waals surface area (Å²) < 4.78 is 15.0. The Balaban J connectivity index is 0.873. The van der Waals surface area contributed by atoms with Crippen molar-refractivity contribution < 1.29 is 4.74 Å². The van der Waals surface area contributed by atoms with Crippen LogP contribution in [0.1, 0.15) is 0 Å². The van der Waals surface area contributed by atoms with E-state index in [1.165, 1.54) is 82.4 Å². The maximum atomic E-state index is 7.48. The number of anilines is 15. The van der Waals surface area contributed by atoms with Crippen LogP contribution in [-0.2, 0) is 0 Å². The minimum absolute atomic E-state index is 0.222. The maximum absolute atomic E-state index is 7.48. The summed E-state index contributed by atoms with van der Waals surface area (Å²) in [6.07, 6.45) is 0. The predicted octanol–water partition coefficient (Wildman–Crippen LogP) is 22.2.